The van der Waals surface area contributed by atoms with Gasteiger partial charge in [0.1, 0.15) is 0 Å². The molecule has 3 rings (SSSR count). The Kier molecular flexibility index (Phi) is 9.41. The summed E-state index contributed by atoms with van der Waals surface area (Å²) in [4.78, 5) is 12.8. The molecule has 0 saturated heterocycles. The maximum atomic E-state index is 12.8. The van der Waals surface area contributed by atoms with Crippen LogP contribution in [0.1, 0.15) is 129 Å². The van der Waals surface area contributed by atoms with Crippen LogP contribution >= 0.6 is 11.6 Å². The van der Waals surface area contributed by atoms with Gasteiger partial charge in [0.2, 0.25) is 0 Å². The van der Waals surface area contributed by atoms with E-state index in [0.717, 1.165) is 69.1 Å². The Morgan fingerprint density at radius 2 is 1.50 bits per heavy atom. The van der Waals surface area contributed by atoms with Crippen LogP contribution in [-0.4, -0.2) is 17.0 Å². The first kappa shape index (κ1) is 24.4. The molecule has 3 fully saturated rings. The van der Waals surface area contributed by atoms with E-state index in [1.807, 2.05) is 0 Å². The summed E-state index contributed by atoms with van der Waals surface area (Å²) in [5, 5.41) is 10.5. The predicted molar refractivity (Wildman–Crippen MR) is 127 cm³/mol. The van der Waals surface area contributed by atoms with Crippen LogP contribution in [0.5, 0.6) is 0 Å². The molecule has 0 aliphatic heterocycles. The smallest absolute Gasteiger partial charge is 0.310 e. The van der Waals surface area contributed by atoms with E-state index in [1.54, 1.807) is 0 Å². The molecular formula is C27H47ClO2. The van der Waals surface area contributed by atoms with Gasteiger partial charge in [-0.1, -0.05) is 64.7 Å². The number of carbonyl (C=O) groups is 1. The van der Waals surface area contributed by atoms with E-state index in [9.17, 15) is 9.90 Å². The lowest BCUT2D eigenvalue weighted by Crippen LogP contribution is -2.51. The highest BCUT2D eigenvalue weighted by Crippen LogP contribution is 2.61. The van der Waals surface area contributed by atoms with Crippen molar-refractivity contribution in [2.45, 2.75) is 129 Å². The predicted octanol–water partition coefficient (Wildman–Crippen LogP) is 8.60. The van der Waals surface area contributed by atoms with Crippen molar-refractivity contribution in [3.05, 3.63) is 0 Å². The van der Waals surface area contributed by atoms with Gasteiger partial charge in [0.25, 0.3) is 0 Å². The lowest BCUT2D eigenvalue weighted by Gasteiger charge is -2.54. The van der Waals surface area contributed by atoms with Gasteiger partial charge >= 0.3 is 5.97 Å². The number of unbranched alkanes of at least 4 members (excludes halogenated alkanes) is 2. The van der Waals surface area contributed by atoms with Crippen molar-refractivity contribution >= 4 is 17.6 Å². The molecule has 1 N–H and O–H groups in total. The second-order valence-electron chi connectivity index (χ2n) is 11.1. The molecule has 0 radical (unpaired) electrons. The zero-order valence-electron chi connectivity index (χ0n) is 19.6. The third-order valence-electron chi connectivity index (χ3n) is 9.68. The molecular weight excluding hydrogens is 392 g/mol. The largest absolute Gasteiger partial charge is 0.481 e. The van der Waals surface area contributed by atoms with E-state index in [-0.39, 0.29) is 5.41 Å². The SMILES string of the molecule is CCCCCC1CCC(C2CCC(C(=O)O)(C3(CCCCl)CCCCC3)CC2)CC1. The highest BCUT2D eigenvalue weighted by molar-refractivity contribution is 6.17. The highest BCUT2D eigenvalue weighted by Gasteiger charge is 2.57. The Balaban J connectivity index is 1.59. The Hall–Kier alpha value is -0.240. The van der Waals surface area contributed by atoms with Gasteiger partial charge in [-0.3, -0.25) is 4.79 Å². The standard InChI is InChI=1S/C27H47ClO2/c1-2-3-5-9-22-10-12-23(13-11-22)24-14-19-27(20-15-24,25(29)30)26(18-8-21-28)16-6-4-7-17-26/h22-24H,2-21H2,1H3,(H,29,30). The Labute approximate surface area is 190 Å². The second kappa shape index (κ2) is 11.6. The average molecular weight is 439 g/mol. The monoisotopic (exact) mass is 438 g/mol. The zero-order chi connectivity index (χ0) is 21.5. The average Bonchev–Trinajstić information content (AvgIpc) is 2.79. The van der Waals surface area contributed by atoms with Crippen molar-refractivity contribution in [1.29, 1.82) is 0 Å². The van der Waals surface area contributed by atoms with Crippen LogP contribution in [0, 0.1) is 28.6 Å². The number of hydrogen-bond donors (Lipinski definition) is 1. The van der Waals surface area contributed by atoms with Gasteiger partial charge in [-0.25, -0.2) is 0 Å². The van der Waals surface area contributed by atoms with E-state index in [1.165, 1.54) is 70.6 Å². The third kappa shape index (κ3) is 5.38. The first-order valence-corrected chi connectivity index (χ1v) is 13.9. The number of aliphatic carboxylic acids is 1. The number of alkyl halides is 1. The van der Waals surface area contributed by atoms with Crippen molar-refractivity contribution in [3.63, 3.8) is 0 Å². The maximum absolute atomic E-state index is 12.8. The van der Waals surface area contributed by atoms with Gasteiger partial charge in [0.15, 0.2) is 0 Å². The number of hydrogen-bond acceptors (Lipinski definition) is 1. The van der Waals surface area contributed by atoms with Gasteiger partial charge in [0, 0.05) is 5.88 Å². The van der Waals surface area contributed by atoms with Crippen molar-refractivity contribution in [2.24, 2.45) is 28.6 Å². The molecule has 0 amide bonds. The van der Waals surface area contributed by atoms with Crippen LogP contribution < -0.4 is 0 Å². The molecule has 0 spiro atoms. The second-order valence-corrected chi connectivity index (χ2v) is 11.5. The molecule has 0 heterocycles. The van der Waals surface area contributed by atoms with Crippen molar-refractivity contribution < 1.29 is 9.90 Å². The highest BCUT2D eigenvalue weighted by atomic mass is 35.5. The molecule has 3 aliphatic rings. The number of carboxylic acids is 1. The van der Waals surface area contributed by atoms with Crippen LogP contribution in [0.15, 0.2) is 0 Å². The summed E-state index contributed by atoms with van der Waals surface area (Å²) in [6.45, 7) is 2.30. The topological polar surface area (TPSA) is 37.3 Å². The molecule has 3 saturated carbocycles. The molecule has 2 nitrogen and oxygen atoms in total. The van der Waals surface area contributed by atoms with E-state index >= 15 is 0 Å². The van der Waals surface area contributed by atoms with Crippen molar-refractivity contribution in [1.82, 2.24) is 0 Å². The van der Waals surface area contributed by atoms with Gasteiger partial charge in [-0.2, -0.15) is 0 Å². The van der Waals surface area contributed by atoms with Crippen LogP contribution in [0.4, 0.5) is 0 Å². The molecule has 3 heteroatoms. The van der Waals surface area contributed by atoms with Gasteiger partial charge in [0.05, 0.1) is 5.41 Å². The lowest BCUT2D eigenvalue weighted by molar-refractivity contribution is -0.168. The van der Waals surface area contributed by atoms with Crippen molar-refractivity contribution in [3.8, 4) is 0 Å². The van der Waals surface area contributed by atoms with E-state index in [4.69, 9.17) is 11.6 Å². The molecule has 0 atom stereocenters. The molecule has 30 heavy (non-hydrogen) atoms. The first-order valence-electron chi connectivity index (χ1n) is 13.4. The molecule has 0 bridgehead atoms. The fourth-order valence-electron chi connectivity index (χ4n) is 7.81. The van der Waals surface area contributed by atoms with Crippen LogP contribution in [0.25, 0.3) is 0 Å². The Bertz CT molecular complexity index is 509. The summed E-state index contributed by atoms with van der Waals surface area (Å²) in [6, 6.07) is 0. The third-order valence-corrected chi connectivity index (χ3v) is 9.95. The van der Waals surface area contributed by atoms with E-state index in [2.05, 4.69) is 6.92 Å². The van der Waals surface area contributed by atoms with E-state index < -0.39 is 11.4 Å². The van der Waals surface area contributed by atoms with Gasteiger partial charge < -0.3 is 5.11 Å². The zero-order valence-corrected chi connectivity index (χ0v) is 20.4. The molecule has 0 aromatic heterocycles. The van der Waals surface area contributed by atoms with Crippen molar-refractivity contribution in [2.75, 3.05) is 5.88 Å². The van der Waals surface area contributed by atoms with Gasteiger partial charge in [-0.05, 0) is 87.4 Å². The number of carboxylic acid groups (broad SMARTS) is 1. The minimum Gasteiger partial charge on any atom is -0.481 e. The fourth-order valence-corrected chi connectivity index (χ4v) is 7.94. The summed E-state index contributed by atoms with van der Waals surface area (Å²) in [5.41, 5.74) is -0.471. The molecule has 3 aliphatic carbocycles. The summed E-state index contributed by atoms with van der Waals surface area (Å²) in [7, 11) is 0. The summed E-state index contributed by atoms with van der Waals surface area (Å²) in [6.07, 6.45) is 23.3. The van der Waals surface area contributed by atoms with Crippen LogP contribution in [0.2, 0.25) is 0 Å². The maximum Gasteiger partial charge on any atom is 0.310 e. The summed E-state index contributed by atoms with van der Waals surface area (Å²) >= 11 is 6.08. The van der Waals surface area contributed by atoms with E-state index in [0.29, 0.717) is 5.88 Å². The molecule has 0 aromatic rings. The van der Waals surface area contributed by atoms with Gasteiger partial charge in [-0.15, -0.1) is 11.6 Å². The van der Waals surface area contributed by atoms with Crippen LogP contribution in [0.3, 0.4) is 0 Å². The first-order chi connectivity index (χ1) is 14.6. The lowest BCUT2D eigenvalue weighted by atomic mass is 9.49. The van der Waals surface area contributed by atoms with Crippen LogP contribution in [-0.2, 0) is 4.79 Å². The summed E-state index contributed by atoms with van der Waals surface area (Å²) in [5.74, 6) is 2.79. The Morgan fingerprint density at radius 1 is 0.867 bits per heavy atom. The molecule has 0 aromatic carbocycles. The number of rotatable bonds is 10. The minimum atomic E-state index is -0.489. The fraction of sp³-hybridized carbons (Fsp3) is 0.963. The minimum absolute atomic E-state index is 0.00782. The normalized spacial score (nSPS) is 34.5. The molecule has 0 unspecified atom stereocenters. The molecule has 174 valence electrons. The Morgan fingerprint density at radius 3 is 2.07 bits per heavy atom. The summed E-state index contributed by atoms with van der Waals surface area (Å²) < 4.78 is 0. The number of halogens is 1. The quantitative estimate of drug-likeness (QED) is 0.273.